The maximum Gasteiger partial charge on any atom is 0.345 e. The fraction of sp³-hybridized carbons (Fsp3) is 0.111. The highest BCUT2D eigenvalue weighted by atomic mass is 16.2. The zero-order valence-electron chi connectivity index (χ0n) is 13.9. The first-order valence-corrected chi connectivity index (χ1v) is 7.53. The van der Waals surface area contributed by atoms with Gasteiger partial charge in [-0.05, 0) is 49.2 Å². The Hall–Kier alpha value is -3.86. The lowest BCUT2D eigenvalue weighted by molar-refractivity contribution is 0.226. The highest BCUT2D eigenvalue weighted by molar-refractivity contribution is 6.41. The maximum absolute atomic E-state index is 12.6. The van der Waals surface area contributed by atoms with E-state index in [2.05, 4.69) is 9.98 Å². The number of aliphatic imine (C=N–C) groups is 2. The van der Waals surface area contributed by atoms with E-state index < -0.39 is 12.1 Å². The van der Waals surface area contributed by atoms with Crippen LogP contribution in [-0.4, -0.2) is 24.2 Å². The molecule has 26 heavy (non-hydrogen) atoms. The minimum Gasteiger partial charge on any atom is -0.246 e. The third-order valence-electron chi connectivity index (χ3n) is 3.98. The smallest absolute Gasteiger partial charge is 0.246 e. The fourth-order valence-corrected chi connectivity index (χ4v) is 2.65. The summed E-state index contributed by atoms with van der Waals surface area (Å²) < 4.78 is 0. The molecule has 0 aliphatic carbocycles. The van der Waals surface area contributed by atoms with Gasteiger partial charge in [0.1, 0.15) is 0 Å². The number of isocyanates is 2. The van der Waals surface area contributed by atoms with Crippen LogP contribution in [0.3, 0.4) is 0 Å². The van der Waals surface area contributed by atoms with E-state index >= 15 is 0 Å². The van der Waals surface area contributed by atoms with Gasteiger partial charge in [-0.15, -0.1) is 0 Å². The number of imide groups is 2. The Labute approximate surface area is 148 Å². The summed E-state index contributed by atoms with van der Waals surface area (Å²) in [5, 5.41) is 0. The third kappa shape index (κ3) is 2.71. The third-order valence-corrected chi connectivity index (χ3v) is 3.98. The summed E-state index contributed by atoms with van der Waals surface area (Å²) in [5.41, 5.74) is 2.61. The second-order valence-electron chi connectivity index (χ2n) is 5.58. The van der Waals surface area contributed by atoms with Crippen LogP contribution in [0, 0.1) is 13.8 Å². The lowest BCUT2D eigenvalue weighted by Gasteiger charge is -2.40. The van der Waals surface area contributed by atoms with E-state index in [9.17, 15) is 19.2 Å². The van der Waals surface area contributed by atoms with Gasteiger partial charge in [0.15, 0.2) is 0 Å². The monoisotopic (exact) mass is 348 g/mol. The molecule has 128 valence electrons. The standard InChI is InChI=1S/C18H12N4O4/c1-11-3-5-13(19-9-23)7-15(11)21-17(25)22(18(21)26)16-8-14(20-10-24)6-4-12(16)2/h3-8H,1-2H3. The van der Waals surface area contributed by atoms with Crippen LogP contribution in [0.15, 0.2) is 46.4 Å². The van der Waals surface area contributed by atoms with E-state index in [1.807, 2.05) is 0 Å². The van der Waals surface area contributed by atoms with E-state index in [4.69, 9.17) is 0 Å². The van der Waals surface area contributed by atoms with Gasteiger partial charge in [0.2, 0.25) is 12.2 Å². The van der Waals surface area contributed by atoms with Crippen LogP contribution >= 0.6 is 0 Å². The molecule has 0 spiro atoms. The molecule has 8 nitrogen and oxygen atoms in total. The van der Waals surface area contributed by atoms with Gasteiger partial charge in [0.05, 0.1) is 22.7 Å². The molecule has 3 rings (SSSR count). The highest BCUT2D eigenvalue weighted by Crippen LogP contribution is 2.36. The van der Waals surface area contributed by atoms with Gasteiger partial charge in [-0.3, -0.25) is 0 Å². The van der Waals surface area contributed by atoms with E-state index in [0.29, 0.717) is 22.5 Å². The Bertz CT molecular complexity index is 938. The minimum atomic E-state index is -0.555. The number of nitrogens with zero attached hydrogens (tertiary/aromatic N) is 4. The predicted octanol–water partition coefficient (Wildman–Crippen LogP) is 3.80. The van der Waals surface area contributed by atoms with E-state index in [-0.39, 0.29) is 11.4 Å². The maximum atomic E-state index is 12.6. The lowest BCUT2D eigenvalue weighted by atomic mass is 10.1. The summed E-state index contributed by atoms with van der Waals surface area (Å²) in [7, 11) is 0. The van der Waals surface area contributed by atoms with Gasteiger partial charge < -0.3 is 0 Å². The summed E-state index contributed by atoms with van der Waals surface area (Å²) in [6.07, 6.45) is 2.85. The largest absolute Gasteiger partial charge is 0.345 e. The molecule has 1 heterocycles. The van der Waals surface area contributed by atoms with Crippen LogP contribution in [0.1, 0.15) is 11.1 Å². The van der Waals surface area contributed by atoms with Crippen LogP contribution in [0.25, 0.3) is 0 Å². The Morgan fingerprint density at radius 3 is 1.46 bits per heavy atom. The Balaban J connectivity index is 1.99. The van der Waals surface area contributed by atoms with Gasteiger partial charge in [-0.25, -0.2) is 29.0 Å². The van der Waals surface area contributed by atoms with Crippen LogP contribution in [0.4, 0.5) is 32.3 Å². The summed E-state index contributed by atoms with van der Waals surface area (Å²) in [4.78, 5) is 55.1. The van der Waals surface area contributed by atoms with Crippen LogP contribution in [-0.2, 0) is 9.59 Å². The van der Waals surface area contributed by atoms with Crippen molar-refractivity contribution >= 4 is 47.0 Å². The number of carbonyl (C=O) groups is 2. The quantitative estimate of drug-likeness (QED) is 0.619. The van der Waals surface area contributed by atoms with Gasteiger partial charge in [0.25, 0.3) is 0 Å². The van der Waals surface area contributed by atoms with Crippen molar-refractivity contribution in [2.24, 2.45) is 9.98 Å². The molecule has 1 aliphatic heterocycles. The molecule has 1 fully saturated rings. The molecule has 0 radical (unpaired) electrons. The SMILES string of the molecule is Cc1ccc(N=C=O)cc1N1C(=O)N(c2cc(N=C=O)ccc2C)C1=O. The minimum absolute atomic E-state index is 0.290. The van der Waals surface area contributed by atoms with Crippen molar-refractivity contribution in [1.82, 2.24) is 0 Å². The molecule has 0 atom stereocenters. The van der Waals surface area contributed by atoms with Crippen LogP contribution in [0.5, 0.6) is 0 Å². The van der Waals surface area contributed by atoms with Gasteiger partial charge in [0, 0.05) is 0 Å². The molecule has 0 bridgehead atoms. The normalized spacial score (nSPS) is 13.0. The topological polar surface area (TPSA) is 99.5 Å². The van der Waals surface area contributed by atoms with Gasteiger partial charge >= 0.3 is 12.1 Å². The number of aryl methyl sites for hydroxylation is 2. The molecule has 0 aromatic heterocycles. The average molecular weight is 348 g/mol. The first kappa shape index (κ1) is 17.0. The fourth-order valence-electron chi connectivity index (χ4n) is 2.65. The Morgan fingerprint density at radius 1 is 0.731 bits per heavy atom. The van der Waals surface area contributed by atoms with Crippen molar-refractivity contribution in [3.63, 3.8) is 0 Å². The van der Waals surface area contributed by atoms with Crippen molar-refractivity contribution in [3.05, 3.63) is 47.5 Å². The number of urea groups is 2. The van der Waals surface area contributed by atoms with E-state index in [1.54, 1.807) is 38.1 Å². The number of amides is 4. The molecule has 8 heteroatoms. The molecule has 1 aliphatic rings. The van der Waals surface area contributed by atoms with Crippen molar-refractivity contribution in [1.29, 1.82) is 0 Å². The Kier molecular flexibility index (Phi) is 4.29. The number of carbonyl (C=O) groups excluding carboxylic acids is 4. The molecule has 0 saturated carbocycles. The van der Waals surface area contributed by atoms with Crippen LogP contribution < -0.4 is 9.80 Å². The van der Waals surface area contributed by atoms with Crippen molar-refractivity contribution in [3.8, 4) is 0 Å². The molecular formula is C18H12N4O4. The zero-order chi connectivity index (χ0) is 18.8. The summed E-state index contributed by atoms with van der Waals surface area (Å²) in [6.45, 7) is 3.47. The number of rotatable bonds is 4. The molecular weight excluding hydrogens is 336 g/mol. The van der Waals surface area contributed by atoms with Crippen molar-refractivity contribution in [2.45, 2.75) is 13.8 Å². The molecule has 2 aromatic rings. The van der Waals surface area contributed by atoms with Gasteiger partial charge in [-0.1, -0.05) is 12.1 Å². The van der Waals surface area contributed by atoms with Crippen LogP contribution in [0.2, 0.25) is 0 Å². The zero-order valence-corrected chi connectivity index (χ0v) is 13.9. The lowest BCUT2D eigenvalue weighted by Crippen LogP contribution is -2.65. The van der Waals surface area contributed by atoms with Gasteiger partial charge in [-0.2, -0.15) is 9.98 Å². The molecule has 2 aromatic carbocycles. The molecule has 1 saturated heterocycles. The second kappa shape index (κ2) is 6.57. The summed E-state index contributed by atoms with van der Waals surface area (Å²) in [5.74, 6) is 0. The number of hydrogen-bond acceptors (Lipinski definition) is 6. The Morgan fingerprint density at radius 2 is 1.12 bits per heavy atom. The number of anilines is 2. The average Bonchev–Trinajstić information content (AvgIpc) is 2.61. The summed E-state index contributed by atoms with van der Waals surface area (Å²) >= 11 is 0. The van der Waals surface area contributed by atoms with Crippen molar-refractivity contribution in [2.75, 3.05) is 9.80 Å². The first-order chi connectivity index (χ1) is 12.5. The van der Waals surface area contributed by atoms with E-state index in [0.717, 1.165) is 9.80 Å². The second-order valence-corrected chi connectivity index (χ2v) is 5.58. The molecule has 4 amide bonds. The molecule has 0 N–H and O–H groups in total. The summed E-state index contributed by atoms with van der Waals surface area (Å²) in [6, 6.07) is 8.29. The molecule has 0 unspecified atom stereocenters. The van der Waals surface area contributed by atoms with E-state index in [1.165, 1.54) is 24.3 Å². The predicted molar refractivity (Wildman–Crippen MR) is 93.7 cm³/mol. The van der Waals surface area contributed by atoms with Crippen molar-refractivity contribution < 1.29 is 19.2 Å². The number of hydrogen-bond donors (Lipinski definition) is 0. The number of benzene rings is 2. The first-order valence-electron chi connectivity index (χ1n) is 7.53. The highest BCUT2D eigenvalue weighted by Gasteiger charge is 2.47.